The van der Waals surface area contributed by atoms with E-state index in [9.17, 15) is 9.18 Å². The molecule has 0 amide bonds. The third kappa shape index (κ3) is 3.20. The highest BCUT2D eigenvalue weighted by molar-refractivity contribution is 5.57. The first-order chi connectivity index (χ1) is 10.7. The van der Waals surface area contributed by atoms with E-state index in [4.69, 9.17) is 0 Å². The molecular formula is C15H14FN5O. The molecule has 0 spiro atoms. The van der Waals surface area contributed by atoms with Gasteiger partial charge in [0.1, 0.15) is 5.82 Å². The van der Waals surface area contributed by atoms with Crippen LogP contribution >= 0.6 is 0 Å². The summed E-state index contributed by atoms with van der Waals surface area (Å²) in [6.45, 7) is 0.610. The van der Waals surface area contributed by atoms with Gasteiger partial charge in [-0.15, -0.1) is 0 Å². The van der Waals surface area contributed by atoms with Crippen molar-refractivity contribution < 1.29 is 4.39 Å². The SMILES string of the molecule is O=c1[nH][nH]cc1-c1ccnc(NCCc2ccc(F)cc2)n1. The van der Waals surface area contributed by atoms with Crippen molar-refractivity contribution in [2.45, 2.75) is 6.42 Å². The minimum atomic E-state index is -0.246. The molecule has 6 nitrogen and oxygen atoms in total. The molecule has 1 aromatic carbocycles. The topological polar surface area (TPSA) is 86.5 Å². The van der Waals surface area contributed by atoms with Crippen molar-refractivity contribution in [1.29, 1.82) is 0 Å². The number of aromatic amines is 2. The average molecular weight is 299 g/mol. The first-order valence-electron chi connectivity index (χ1n) is 6.80. The number of aromatic nitrogens is 4. The smallest absolute Gasteiger partial charge is 0.273 e. The van der Waals surface area contributed by atoms with Crippen molar-refractivity contribution >= 4 is 5.95 Å². The Morgan fingerprint density at radius 1 is 1.18 bits per heavy atom. The third-order valence-corrected chi connectivity index (χ3v) is 3.19. The van der Waals surface area contributed by atoms with Gasteiger partial charge in [-0.2, -0.15) is 0 Å². The van der Waals surface area contributed by atoms with Crippen molar-refractivity contribution in [2.75, 3.05) is 11.9 Å². The van der Waals surface area contributed by atoms with Gasteiger partial charge in [-0.3, -0.25) is 9.89 Å². The molecule has 3 aromatic rings. The molecule has 0 fully saturated rings. The van der Waals surface area contributed by atoms with Crippen LogP contribution in [0.4, 0.5) is 10.3 Å². The number of rotatable bonds is 5. The maximum absolute atomic E-state index is 12.8. The van der Waals surface area contributed by atoms with Gasteiger partial charge in [-0.1, -0.05) is 12.1 Å². The van der Waals surface area contributed by atoms with Crippen molar-refractivity contribution in [3.8, 4) is 11.3 Å². The molecule has 0 aliphatic heterocycles. The Balaban J connectivity index is 1.65. The van der Waals surface area contributed by atoms with Crippen LogP contribution in [0.3, 0.4) is 0 Å². The van der Waals surface area contributed by atoms with E-state index >= 15 is 0 Å². The second-order valence-corrected chi connectivity index (χ2v) is 4.73. The summed E-state index contributed by atoms with van der Waals surface area (Å²) >= 11 is 0. The molecule has 0 saturated carbocycles. The molecule has 0 radical (unpaired) electrons. The van der Waals surface area contributed by atoms with Crippen molar-refractivity contribution in [3.63, 3.8) is 0 Å². The number of benzene rings is 1. The molecule has 22 heavy (non-hydrogen) atoms. The zero-order chi connectivity index (χ0) is 15.4. The lowest BCUT2D eigenvalue weighted by Gasteiger charge is -2.05. The zero-order valence-corrected chi connectivity index (χ0v) is 11.6. The van der Waals surface area contributed by atoms with Crippen LogP contribution in [0.1, 0.15) is 5.56 Å². The Morgan fingerprint density at radius 2 is 2.00 bits per heavy atom. The maximum Gasteiger partial charge on any atom is 0.273 e. The van der Waals surface area contributed by atoms with Crippen LogP contribution in [0.2, 0.25) is 0 Å². The predicted octanol–water partition coefficient (Wildman–Crippen LogP) is 1.95. The fraction of sp³-hybridized carbons (Fsp3) is 0.133. The number of hydrogen-bond donors (Lipinski definition) is 3. The van der Waals surface area contributed by atoms with E-state index in [-0.39, 0.29) is 11.4 Å². The Hall–Kier alpha value is -2.96. The van der Waals surface area contributed by atoms with Crippen molar-refractivity contribution in [2.24, 2.45) is 0 Å². The summed E-state index contributed by atoms with van der Waals surface area (Å²) in [7, 11) is 0. The number of nitrogens with zero attached hydrogens (tertiary/aromatic N) is 2. The molecular weight excluding hydrogens is 285 g/mol. The normalized spacial score (nSPS) is 10.6. The lowest BCUT2D eigenvalue weighted by Crippen LogP contribution is -2.09. The van der Waals surface area contributed by atoms with Gasteiger partial charge < -0.3 is 10.4 Å². The zero-order valence-electron chi connectivity index (χ0n) is 11.6. The second-order valence-electron chi connectivity index (χ2n) is 4.73. The quantitative estimate of drug-likeness (QED) is 0.672. The Kier molecular flexibility index (Phi) is 3.95. The first-order valence-corrected chi connectivity index (χ1v) is 6.80. The van der Waals surface area contributed by atoms with Crippen LogP contribution in [0, 0.1) is 5.82 Å². The Labute approximate surface area is 125 Å². The van der Waals surface area contributed by atoms with Gasteiger partial charge >= 0.3 is 0 Å². The van der Waals surface area contributed by atoms with Gasteiger partial charge in [0.25, 0.3) is 5.56 Å². The van der Waals surface area contributed by atoms with Crippen LogP contribution in [0.15, 0.2) is 47.5 Å². The predicted molar refractivity (Wildman–Crippen MR) is 81.0 cm³/mol. The van der Waals surface area contributed by atoms with E-state index in [0.717, 1.165) is 12.0 Å². The second kappa shape index (κ2) is 6.21. The number of H-pyrrole nitrogens is 2. The molecule has 2 heterocycles. The third-order valence-electron chi connectivity index (χ3n) is 3.19. The highest BCUT2D eigenvalue weighted by Gasteiger charge is 2.06. The fourth-order valence-corrected chi connectivity index (χ4v) is 2.06. The van der Waals surface area contributed by atoms with E-state index in [0.29, 0.717) is 23.8 Å². The van der Waals surface area contributed by atoms with E-state index in [1.54, 1.807) is 30.6 Å². The van der Waals surface area contributed by atoms with Crippen LogP contribution < -0.4 is 10.9 Å². The average Bonchev–Trinajstić information content (AvgIpc) is 2.96. The lowest BCUT2D eigenvalue weighted by molar-refractivity contribution is 0.627. The number of nitrogens with one attached hydrogen (secondary N) is 3. The fourth-order valence-electron chi connectivity index (χ4n) is 2.06. The van der Waals surface area contributed by atoms with Crippen LogP contribution in [-0.2, 0) is 6.42 Å². The molecule has 2 aromatic heterocycles. The summed E-state index contributed by atoms with van der Waals surface area (Å²) in [6.07, 6.45) is 3.88. The van der Waals surface area contributed by atoms with E-state index < -0.39 is 0 Å². The monoisotopic (exact) mass is 299 g/mol. The van der Waals surface area contributed by atoms with Gasteiger partial charge in [0, 0.05) is 18.9 Å². The molecule has 3 N–H and O–H groups in total. The summed E-state index contributed by atoms with van der Waals surface area (Å²) in [4.78, 5) is 20.0. The first kappa shape index (κ1) is 14.0. The summed E-state index contributed by atoms with van der Waals surface area (Å²) < 4.78 is 12.8. The standard InChI is InChI=1S/C15H14FN5O/c16-11-3-1-10(2-4-11)5-7-17-15-18-8-6-13(20-15)12-9-19-21-14(12)22/h1-4,6,8-9H,5,7H2,(H,17,18,20)(H2,19,21,22). The molecule has 0 aliphatic carbocycles. The van der Waals surface area contributed by atoms with Gasteiger partial charge in [-0.25, -0.2) is 14.4 Å². The molecule has 7 heteroatoms. The van der Waals surface area contributed by atoms with E-state index in [1.165, 1.54) is 12.1 Å². The van der Waals surface area contributed by atoms with Crippen LogP contribution in [0.5, 0.6) is 0 Å². The summed E-state index contributed by atoms with van der Waals surface area (Å²) in [5.74, 6) is 0.199. The molecule has 0 saturated heterocycles. The Morgan fingerprint density at radius 3 is 2.73 bits per heavy atom. The summed E-state index contributed by atoms with van der Waals surface area (Å²) in [5.41, 5.74) is 1.80. The van der Waals surface area contributed by atoms with Gasteiger partial charge in [0.2, 0.25) is 5.95 Å². The number of halogens is 1. The largest absolute Gasteiger partial charge is 0.354 e. The van der Waals surface area contributed by atoms with E-state index in [2.05, 4.69) is 25.5 Å². The van der Waals surface area contributed by atoms with Crippen LogP contribution in [-0.4, -0.2) is 26.7 Å². The minimum Gasteiger partial charge on any atom is -0.354 e. The molecule has 0 atom stereocenters. The highest BCUT2D eigenvalue weighted by atomic mass is 19.1. The Bertz CT molecular complexity index is 809. The summed E-state index contributed by atoms with van der Waals surface area (Å²) in [6, 6.07) is 8.03. The molecule has 112 valence electrons. The molecule has 0 aliphatic rings. The van der Waals surface area contributed by atoms with Crippen molar-refractivity contribution in [3.05, 3.63) is 64.5 Å². The number of hydrogen-bond acceptors (Lipinski definition) is 4. The van der Waals surface area contributed by atoms with Crippen molar-refractivity contribution in [1.82, 2.24) is 20.2 Å². The molecule has 0 bridgehead atoms. The molecule has 3 rings (SSSR count). The maximum atomic E-state index is 12.8. The highest BCUT2D eigenvalue weighted by Crippen LogP contribution is 2.12. The van der Waals surface area contributed by atoms with E-state index in [1.807, 2.05) is 0 Å². The van der Waals surface area contributed by atoms with Gasteiger partial charge in [0.05, 0.1) is 11.3 Å². The minimum absolute atomic E-state index is 0.226. The summed E-state index contributed by atoms with van der Waals surface area (Å²) in [5, 5.41) is 8.19. The van der Waals surface area contributed by atoms with Gasteiger partial charge in [-0.05, 0) is 30.2 Å². The number of anilines is 1. The lowest BCUT2D eigenvalue weighted by atomic mass is 10.1. The molecule has 0 unspecified atom stereocenters. The van der Waals surface area contributed by atoms with Gasteiger partial charge in [0.15, 0.2) is 0 Å². The van der Waals surface area contributed by atoms with Crippen LogP contribution in [0.25, 0.3) is 11.3 Å².